The quantitative estimate of drug-likeness (QED) is 0.709. The van der Waals surface area contributed by atoms with E-state index in [4.69, 9.17) is 5.11 Å². The minimum absolute atomic E-state index is 0.181. The van der Waals surface area contributed by atoms with Crippen LogP contribution in [0.25, 0.3) is 0 Å². The zero-order valence-electron chi connectivity index (χ0n) is 8.33. The van der Waals surface area contributed by atoms with Gasteiger partial charge in [-0.25, -0.2) is 0 Å². The Hall–Kier alpha value is -1.43. The van der Waals surface area contributed by atoms with Gasteiger partial charge < -0.3 is 5.11 Å². The van der Waals surface area contributed by atoms with Crippen LogP contribution in [0, 0.1) is 0 Å². The number of aliphatic carboxylic acids is 1. The summed E-state index contributed by atoms with van der Waals surface area (Å²) >= 11 is 0. The summed E-state index contributed by atoms with van der Waals surface area (Å²) in [5.74, 6) is -1.14. The van der Waals surface area contributed by atoms with Gasteiger partial charge in [0.2, 0.25) is 0 Å². The molecule has 0 aliphatic heterocycles. The molecule has 0 aliphatic rings. The van der Waals surface area contributed by atoms with Gasteiger partial charge >= 0.3 is 5.97 Å². The van der Waals surface area contributed by atoms with Crippen molar-refractivity contribution < 1.29 is 19.9 Å². The summed E-state index contributed by atoms with van der Waals surface area (Å²) in [6, 6.07) is 7.94. The second-order valence-electron chi connectivity index (χ2n) is 3.03. The van der Waals surface area contributed by atoms with Crippen molar-refractivity contribution in [3.05, 3.63) is 35.9 Å². The van der Waals surface area contributed by atoms with Crippen LogP contribution in [0.3, 0.4) is 0 Å². The van der Waals surface area contributed by atoms with Crippen molar-refractivity contribution in [2.24, 2.45) is 0 Å². The van der Waals surface area contributed by atoms with Gasteiger partial charge in [0.1, 0.15) is 0 Å². The van der Waals surface area contributed by atoms with E-state index < -0.39 is 12.0 Å². The first-order valence-electron chi connectivity index (χ1n) is 4.44. The van der Waals surface area contributed by atoms with Gasteiger partial charge in [-0.1, -0.05) is 35.6 Å². The van der Waals surface area contributed by atoms with Gasteiger partial charge in [0.15, 0.2) is 6.04 Å². The second-order valence-corrected chi connectivity index (χ2v) is 3.03. The van der Waals surface area contributed by atoms with E-state index in [1.165, 1.54) is 7.11 Å². The number of rotatable bonds is 5. The first kappa shape index (κ1) is 11.6. The molecule has 0 saturated heterocycles. The SMILES string of the molecule is CON(O)[C@@H](Cc1ccccc1)C(=O)O. The maximum Gasteiger partial charge on any atom is 0.326 e. The van der Waals surface area contributed by atoms with Gasteiger partial charge in [0, 0.05) is 6.42 Å². The lowest BCUT2D eigenvalue weighted by Gasteiger charge is -2.19. The summed E-state index contributed by atoms with van der Waals surface area (Å²) < 4.78 is 0. The molecular formula is C10H13NO4. The van der Waals surface area contributed by atoms with Crippen molar-refractivity contribution in [1.29, 1.82) is 0 Å². The summed E-state index contributed by atoms with van der Waals surface area (Å²) in [7, 11) is 1.21. The van der Waals surface area contributed by atoms with Crippen molar-refractivity contribution in [2.75, 3.05) is 7.11 Å². The fourth-order valence-electron chi connectivity index (χ4n) is 1.22. The van der Waals surface area contributed by atoms with Gasteiger partial charge in [-0.05, 0) is 5.56 Å². The van der Waals surface area contributed by atoms with Crippen LogP contribution in [0.1, 0.15) is 5.56 Å². The van der Waals surface area contributed by atoms with Crippen molar-refractivity contribution in [3.63, 3.8) is 0 Å². The summed E-state index contributed by atoms with van der Waals surface area (Å²) in [6.45, 7) is 0. The number of hydrogen-bond acceptors (Lipinski definition) is 4. The molecule has 5 heteroatoms. The Labute approximate surface area is 87.4 Å². The Kier molecular flexibility index (Phi) is 4.23. The molecule has 1 aromatic carbocycles. The fraction of sp³-hybridized carbons (Fsp3) is 0.300. The highest BCUT2D eigenvalue weighted by Gasteiger charge is 2.24. The molecule has 1 aromatic rings. The Morgan fingerprint density at radius 2 is 2.07 bits per heavy atom. The number of hydroxylamine groups is 2. The third-order valence-corrected chi connectivity index (χ3v) is 2.01. The molecule has 1 atom stereocenters. The lowest BCUT2D eigenvalue weighted by molar-refractivity contribution is -0.344. The molecule has 0 aromatic heterocycles. The summed E-state index contributed by atoms with van der Waals surface area (Å²) in [6.07, 6.45) is 0.181. The Balaban J connectivity index is 2.71. The molecule has 0 unspecified atom stereocenters. The van der Waals surface area contributed by atoms with Gasteiger partial charge in [0.25, 0.3) is 0 Å². The lowest BCUT2D eigenvalue weighted by Crippen LogP contribution is -2.39. The average molecular weight is 211 g/mol. The molecule has 15 heavy (non-hydrogen) atoms. The Morgan fingerprint density at radius 3 is 2.53 bits per heavy atom. The van der Waals surface area contributed by atoms with E-state index in [9.17, 15) is 10.0 Å². The highest BCUT2D eigenvalue weighted by molar-refractivity contribution is 5.73. The van der Waals surface area contributed by atoms with E-state index in [1.807, 2.05) is 18.2 Å². The van der Waals surface area contributed by atoms with E-state index in [1.54, 1.807) is 12.1 Å². The molecule has 0 bridgehead atoms. The van der Waals surface area contributed by atoms with Gasteiger partial charge in [-0.2, -0.15) is 0 Å². The third-order valence-electron chi connectivity index (χ3n) is 2.01. The summed E-state index contributed by atoms with van der Waals surface area (Å²) in [4.78, 5) is 15.3. The van der Waals surface area contributed by atoms with E-state index in [-0.39, 0.29) is 6.42 Å². The maximum atomic E-state index is 10.8. The molecule has 0 spiro atoms. The largest absolute Gasteiger partial charge is 0.480 e. The van der Waals surface area contributed by atoms with Gasteiger partial charge in [-0.3, -0.25) is 14.8 Å². The standard InChI is InChI=1S/C10H13NO4/c1-15-11(14)9(10(12)13)7-8-5-3-2-4-6-8/h2-6,9,14H,7H2,1H3,(H,12,13)/t9-/m0/s1. The Bertz CT molecular complexity index is 314. The van der Waals surface area contributed by atoms with E-state index in [0.29, 0.717) is 5.23 Å². The van der Waals surface area contributed by atoms with Crippen molar-refractivity contribution in [2.45, 2.75) is 12.5 Å². The molecule has 0 amide bonds. The minimum Gasteiger partial charge on any atom is -0.480 e. The number of nitrogens with zero attached hydrogens (tertiary/aromatic N) is 1. The zero-order chi connectivity index (χ0) is 11.3. The molecular weight excluding hydrogens is 198 g/mol. The maximum absolute atomic E-state index is 10.8. The zero-order valence-corrected chi connectivity index (χ0v) is 8.33. The normalized spacial score (nSPS) is 12.7. The highest BCUT2D eigenvalue weighted by atomic mass is 16.9. The average Bonchev–Trinajstić information content (AvgIpc) is 2.26. The molecule has 82 valence electrons. The molecule has 5 nitrogen and oxygen atoms in total. The molecule has 0 saturated carbocycles. The molecule has 1 rings (SSSR count). The lowest BCUT2D eigenvalue weighted by atomic mass is 10.1. The fourth-order valence-corrected chi connectivity index (χ4v) is 1.22. The number of carboxylic acids is 1. The third kappa shape index (κ3) is 3.32. The number of benzene rings is 1. The van der Waals surface area contributed by atoms with Crippen LogP contribution in [0.2, 0.25) is 0 Å². The summed E-state index contributed by atoms with van der Waals surface area (Å²) in [5.41, 5.74) is 0.820. The predicted octanol–water partition coefficient (Wildman–Crippen LogP) is 0.935. The van der Waals surface area contributed by atoms with E-state index in [2.05, 4.69) is 4.84 Å². The van der Waals surface area contributed by atoms with Crippen LogP contribution >= 0.6 is 0 Å². The van der Waals surface area contributed by atoms with Crippen molar-refractivity contribution in [3.8, 4) is 0 Å². The molecule has 0 fully saturated rings. The Morgan fingerprint density at radius 1 is 1.47 bits per heavy atom. The molecule has 0 heterocycles. The minimum atomic E-state index is -1.14. The van der Waals surface area contributed by atoms with Crippen molar-refractivity contribution in [1.82, 2.24) is 5.23 Å². The molecule has 0 aliphatic carbocycles. The first-order valence-corrected chi connectivity index (χ1v) is 4.44. The number of hydrogen-bond donors (Lipinski definition) is 2. The van der Waals surface area contributed by atoms with Crippen LogP contribution in [0.4, 0.5) is 0 Å². The highest BCUT2D eigenvalue weighted by Crippen LogP contribution is 2.07. The smallest absolute Gasteiger partial charge is 0.326 e. The molecule has 0 radical (unpaired) electrons. The van der Waals surface area contributed by atoms with E-state index >= 15 is 0 Å². The predicted molar refractivity (Wildman–Crippen MR) is 52.2 cm³/mol. The van der Waals surface area contributed by atoms with Crippen LogP contribution in [-0.2, 0) is 16.1 Å². The second kappa shape index (κ2) is 5.45. The van der Waals surface area contributed by atoms with Crippen LogP contribution < -0.4 is 0 Å². The van der Waals surface area contributed by atoms with Crippen LogP contribution in [0.15, 0.2) is 30.3 Å². The topological polar surface area (TPSA) is 70.0 Å². The number of carboxylic acid groups (broad SMARTS) is 1. The van der Waals surface area contributed by atoms with Gasteiger partial charge in [-0.15, -0.1) is 0 Å². The van der Waals surface area contributed by atoms with E-state index in [0.717, 1.165) is 5.56 Å². The molecule has 2 N–H and O–H groups in total. The monoisotopic (exact) mass is 211 g/mol. The number of carbonyl (C=O) groups is 1. The summed E-state index contributed by atoms with van der Waals surface area (Å²) in [5, 5.41) is 18.4. The van der Waals surface area contributed by atoms with Crippen molar-refractivity contribution >= 4 is 5.97 Å². The first-order chi connectivity index (χ1) is 7.15. The van der Waals surface area contributed by atoms with Gasteiger partial charge in [0.05, 0.1) is 7.11 Å². The van der Waals surface area contributed by atoms with Crippen LogP contribution in [0.5, 0.6) is 0 Å². The van der Waals surface area contributed by atoms with Crippen LogP contribution in [-0.4, -0.2) is 34.7 Å².